The summed E-state index contributed by atoms with van der Waals surface area (Å²) in [6.07, 6.45) is 4.76. The number of carbonyl (C=O) groups excluding carboxylic acids is 1. The summed E-state index contributed by atoms with van der Waals surface area (Å²) in [6.45, 7) is 3.64. The number of carboxylic acids is 2. The molecule has 1 atom stereocenters. The lowest BCUT2D eigenvalue weighted by atomic mass is 9.86. The minimum atomic E-state index is -0.946. The lowest BCUT2D eigenvalue weighted by Crippen LogP contribution is -2.39. The average molecular weight is 525 g/mol. The molecule has 0 radical (unpaired) electrons. The summed E-state index contributed by atoms with van der Waals surface area (Å²) in [5, 5.41) is 18.3. The molecule has 1 unspecified atom stereocenters. The lowest BCUT2D eigenvalue weighted by Gasteiger charge is -2.36. The van der Waals surface area contributed by atoms with Gasteiger partial charge in [-0.1, -0.05) is 24.3 Å². The first-order valence-corrected chi connectivity index (χ1v) is 13.3. The van der Waals surface area contributed by atoms with Crippen LogP contribution in [0.2, 0.25) is 0 Å². The Morgan fingerprint density at radius 2 is 1.89 bits per heavy atom. The molecule has 1 heterocycles. The molecule has 0 bridgehead atoms. The predicted octanol–water partition coefficient (Wildman–Crippen LogP) is 4.22. The number of hydrogen-bond acceptors (Lipinski definition) is 6. The third kappa shape index (κ3) is 7.47. The molecule has 1 saturated heterocycles. The highest BCUT2D eigenvalue weighted by atomic mass is 16.6. The number of carboxylic acid groups (broad SMARTS) is 2. The largest absolute Gasteiger partial charge is 0.493 e. The first kappa shape index (κ1) is 27.4. The molecule has 1 aliphatic carbocycles. The summed E-state index contributed by atoms with van der Waals surface area (Å²) in [6, 6.07) is 13.4. The fourth-order valence-electron chi connectivity index (χ4n) is 5.22. The molecule has 0 saturated carbocycles. The molecule has 9 nitrogen and oxygen atoms in total. The molecule has 1 amide bonds. The molecule has 9 heteroatoms. The molecule has 1 aliphatic heterocycles. The smallest absolute Gasteiger partial charge is 0.409 e. The van der Waals surface area contributed by atoms with Crippen LogP contribution in [-0.4, -0.2) is 76.9 Å². The zero-order valence-electron chi connectivity index (χ0n) is 21.6. The van der Waals surface area contributed by atoms with Gasteiger partial charge in [0.15, 0.2) is 0 Å². The van der Waals surface area contributed by atoms with Crippen LogP contribution < -0.4 is 4.74 Å². The highest BCUT2D eigenvalue weighted by Crippen LogP contribution is 2.32. The normalized spacial score (nSPS) is 16.8. The van der Waals surface area contributed by atoms with E-state index in [0.717, 1.165) is 50.0 Å². The number of carbonyl (C=O) groups is 3. The second kappa shape index (κ2) is 13.3. The quantitative estimate of drug-likeness (QED) is 0.353. The Morgan fingerprint density at radius 1 is 1.08 bits per heavy atom. The van der Waals surface area contributed by atoms with E-state index in [1.54, 1.807) is 17.0 Å². The SMILES string of the molecule is O=C(O)CCCCN(Cc1ccc(C(=O)O)cc1)C1CCc2cccc(OCCCN3CCOC3=O)c2C1. The van der Waals surface area contributed by atoms with Gasteiger partial charge in [0.05, 0.1) is 18.7 Å². The van der Waals surface area contributed by atoms with Crippen molar-refractivity contribution in [2.45, 2.75) is 57.5 Å². The van der Waals surface area contributed by atoms with Gasteiger partial charge in [-0.3, -0.25) is 9.69 Å². The standard InChI is InChI=1S/C29H36N2O7/c32-27(33)7-1-2-14-31(20-21-8-10-23(11-9-21)28(34)35)24-13-12-22-5-3-6-26(25(22)19-24)37-17-4-15-30-16-18-38-29(30)36/h3,5-6,8-11,24H,1-2,4,7,12-20H2,(H,32,33)(H,34,35). The molecule has 2 aliphatic rings. The van der Waals surface area contributed by atoms with Crippen LogP contribution >= 0.6 is 0 Å². The van der Waals surface area contributed by atoms with E-state index in [4.69, 9.17) is 14.6 Å². The van der Waals surface area contributed by atoms with E-state index in [1.165, 1.54) is 11.1 Å². The number of ether oxygens (including phenoxy) is 2. The molecule has 0 spiro atoms. The van der Waals surface area contributed by atoms with Gasteiger partial charge < -0.3 is 24.6 Å². The molecule has 38 heavy (non-hydrogen) atoms. The number of aromatic carboxylic acids is 1. The van der Waals surface area contributed by atoms with Crippen molar-refractivity contribution < 1.29 is 34.1 Å². The summed E-state index contributed by atoms with van der Waals surface area (Å²) in [7, 11) is 0. The number of cyclic esters (lactones) is 1. The van der Waals surface area contributed by atoms with Crippen LogP contribution in [0, 0.1) is 0 Å². The second-order valence-corrected chi connectivity index (χ2v) is 9.92. The van der Waals surface area contributed by atoms with Crippen LogP contribution in [0.3, 0.4) is 0 Å². The van der Waals surface area contributed by atoms with Gasteiger partial charge in [-0.2, -0.15) is 0 Å². The van der Waals surface area contributed by atoms with E-state index >= 15 is 0 Å². The van der Waals surface area contributed by atoms with Gasteiger partial charge >= 0.3 is 18.0 Å². The molecular formula is C29H36N2O7. The number of aliphatic carboxylic acids is 1. The molecule has 4 rings (SSSR count). The lowest BCUT2D eigenvalue weighted by molar-refractivity contribution is -0.137. The van der Waals surface area contributed by atoms with Gasteiger partial charge in [0.25, 0.3) is 0 Å². The molecule has 0 aromatic heterocycles. The van der Waals surface area contributed by atoms with Crippen LogP contribution in [0.4, 0.5) is 4.79 Å². The fraction of sp³-hybridized carbons (Fsp3) is 0.483. The Hall–Kier alpha value is -3.59. The topological polar surface area (TPSA) is 117 Å². The van der Waals surface area contributed by atoms with Crippen LogP contribution in [0.1, 0.15) is 59.2 Å². The van der Waals surface area contributed by atoms with Crippen molar-refractivity contribution in [3.63, 3.8) is 0 Å². The van der Waals surface area contributed by atoms with Crippen molar-refractivity contribution in [2.24, 2.45) is 0 Å². The first-order valence-electron chi connectivity index (χ1n) is 13.3. The summed E-state index contributed by atoms with van der Waals surface area (Å²) in [5.41, 5.74) is 3.79. The van der Waals surface area contributed by atoms with E-state index in [1.807, 2.05) is 24.3 Å². The number of unbranched alkanes of at least 4 members (excludes halogenated alkanes) is 1. The predicted molar refractivity (Wildman–Crippen MR) is 141 cm³/mol. The maximum Gasteiger partial charge on any atom is 0.409 e. The minimum Gasteiger partial charge on any atom is -0.493 e. The number of benzene rings is 2. The monoisotopic (exact) mass is 524 g/mol. The van der Waals surface area contributed by atoms with Crippen LogP contribution in [0.25, 0.3) is 0 Å². The maximum atomic E-state index is 11.6. The van der Waals surface area contributed by atoms with Crippen molar-refractivity contribution in [1.82, 2.24) is 9.80 Å². The number of aryl methyl sites for hydroxylation is 1. The Kier molecular flexibility index (Phi) is 9.59. The first-order chi connectivity index (χ1) is 18.4. The number of rotatable bonds is 14. The van der Waals surface area contributed by atoms with Gasteiger partial charge in [-0.25, -0.2) is 9.59 Å². The molecular weight excluding hydrogens is 488 g/mol. The number of hydrogen-bond donors (Lipinski definition) is 2. The van der Waals surface area contributed by atoms with E-state index in [0.29, 0.717) is 39.3 Å². The summed E-state index contributed by atoms with van der Waals surface area (Å²) in [4.78, 5) is 38.0. The highest BCUT2D eigenvalue weighted by Gasteiger charge is 2.27. The molecule has 2 aromatic carbocycles. The number of amides is 1. The van der Waals surface area contributed by atoms with Crippen LogP contribution in [0.5, 0.6) is 5.75 Å². The van der Waals surface area contributed by atoms with Crippen molar-refractivity contribution in [3.8, 4) is 5.75 Å². The zero-order valence-corrected chi connectivity index (χ0v) is 21.6. The van der Waals surface area contributed by atoms with Crippen molar-refractivity contribution in [2.75, 3.05) is 32.8 Å². The molecule has 2 aromatic rings. The van der Waals surface area contributed by atoms with E-state index < -0.39 is 11.9 Å². The summed E-state index contributed by atoms with van der Waals surface area (Å²) in [5.74, 6) is -0.845. The van der Waals surface area contributed by atoms with Crippen LogP contribution in [-0.2, 0) is 28.9 Å². The van der Waals surface area contributed by atoms with Crippen LogP contribution in [0.15, 0.2) is 42.5 Å². The Morgan fingerprint density at radius 3 is 2.61 bits per heavy atom. The van der Waals surface area contributed by atoms with Gasteiger partial charge in [0, 0.05) is 25.6 Å². The van der Waals surface area contributed by atoms with Crippen molar-refractivity contribution >= 4 is 18.0 Å². The Bertz CT molecular complexity index is 1120. The average Bonchev–Trinajstić information content (AvgIpc) is 3.32. The fourth-order valence-corrected chi connectivity index (χ4v) is 5.22. The van der Waals surface area contributed by atoms with Gasteiger partial charge in [0.1, 0.15) is 12.4 Å². The van der Waals surface area contributed by atoms with Gasteiger partial charge in [0.2, 0.25) is 0 Å². The second-order valence-electron chi connectivity index (χ2n) is 9.92. The Balaban J connectivity index is 1.41. The van der Waals surface area contributed by atoms with E-state index in [-0.39, 0.29) is 24.1 Å². The maximum absolute atomic E-state index is 11.6. The highest BCUT2D eigenvalue weighted by molar-refractivity contribution is 5.87. The molecule has 2 N–H and O–H groups in total. The van der Waals surface area contributed by atoms with Crippen molar-refractivity contribution in [3.05, 3.63) is 64.7 Å². The molecule has 204 valence electrons. The third-order valence-electron chi connectivity index (χ3n) is 7.28. The van der Waals surface area contributed by atoms with Crippen molar-refractivity contribution in [1.29, 1.82) is 0 Å². The number of nitrogens with zero attached hydrogens (tertiary/aromatic N) is 2. The number of fused-ring (bicyclic) bond motifs is 1. The third-order valence-corrected chi connectivity index (χ3v) is 7.28. The van der Waals surface area contributed by atoms with E-state index in [9.17, 15) is 19.5 Å². The van der Waals surface area contributed by atoms with E-state index in [2.05, 4.69) is 11.0 Å². The zero-order chi connectivity index (χ0) is 26.9. The summed E-state index contributed by atoms with van der Waals surface area (Å²) < 4.78 is 11.2. The van der Waals surface area contributed by atoms with Gasteiger partial charge in [-0.05, 0) is 80.0 Å². The summed E-state index contributed by atoms with van der Waals surface area (Å²) >= 11 is 0. The van der Waals surface area contributed by atoms with Gasteiger partial charge in [-0.15, -0.1) is 0 Å². The molecule has 1 fully saturated rings. The minimum absolute atomic E-state index is 0.155. The Labute approximate surface area is 223 Å².